The Balaban J connectivity index is 2.77. The van der Waals surface area contributed by atoms with Gasteiger partial charge in [-0.3, -0.25) is 0 Å². The number of hydrogen-bond acceptors (Lipinski definition) is 3. The van der Waals surface area contributed by atoms with Gasteiger partial charge in [-0.15, -0.1) is 23.2 Å². The molecule has 1 aromatic carbocycles. The highest BCUT2D eigenvalue weighted by Gasteiger charge is 2.37. The molecule has 1 aromatic rings. The van der Waals surface area contributed by atoms with Gasteiger partial charge in [0, 0.05) is 39.1 Å². The molecule has 0 fully saturated rings. The third-order valence-corrected chi connectivity index (χ3v) is 6.52. The van der Waals surface area contributed by atoms with Gasteiger partial charge in [0.15, 0.2) is 0 Å². The normalized spacial score (nSPS) is 11.8. The van der Waals surface area contributed by atoms with E-state index in [0.717, 1.165) is 23.6 Å². The fraction of sp³-hybridized carbons (Fsp3) is 0.538. The Kier molecular flexibility index (Phi) is 7.35. The van der Waals surface area contributed by atoms with Crippen molar-refractivity contribution in [1.29, 1.82) is 0 Å². The Labute approximate surface area is 126 Å². The molecule has 0 bridgehead atoms. The first kappa shape index (κ1) is 16.9. The molecule has 0 aromatic heterocycles. The first-order chi connectivity index (χ1) is 9.14. The zero-order valence-corrected chi connectivity index (χ0v) is 14.1. The molecule has 6 heteroatoms. The Morgan fingerprint density at radius 1 is 0.947 bits per heavy atom. The lowest BCUT2D eigenvalue weighted by Crippen LogP contribution is -2.43. The molecule has 0 amide bonds. The zero-order valence-electron chi connectivity index (χ0n) is 11.5. The van der Waals surface area contributed by atoms with Gasteiger partial charge in [0.05, 0.1) is 0 Å². The van der Waals surface area contributed by atoms with E-state index in [9.17, 15) is 0 Å². The van der Waals surface area contributed by atoms with Crippen LogP contribution in [-0.4, -0.2) is 30.1 Å². The molecule has 0 heterocycles. The summed E-state index contributed by atoms with van der Waals surface area (Å²) in [6, 6.07) is 6.91. The minimum atomic E-state index is -2.51. The van der Waals surface area contributed by atoms with Crippen LogP contribution in [0, 0.1) is 0 Å². The minimum absolute atomic E-state index is 0.470. The summed E-state index contributed by atoms with van der Waals surface area (Å²) in [7, 11) is 2.37. The lowest BCUT2D eigenvalue weighted by Gasteiger charge is -2.24. The first-order valence-electron chi connectivity index (χ1n) is 6.02. The van der Waals surface area contributed by atoms with Crippen LogP contribution in [0.2, 0.25) is 6.04 Å². The zero-order chi connectivity index (χ0) is 14.3. The number of alkyl halides is 2. The Bertz CT molecular complexity index is 389. The molecule has 1 rings (SSSR count). The molecule has 19 heavy (non-hydrogen) atoms. The summed E-state index contributed by atoms with van der Waals surface area (Å²) in [5, 5.41) is 0. The lowest BCUT2D eigenvalue weighted by atomic mass is 10.0. The fourth-order valence-electron chi connectivity index (χ4n) is 1.94. The number of halogens is 2. The first-order valence-corrected chi connectivity index (χ1v) is 9.02. The van der Waals surface area contributed by atoms with Crippen LogP contribution in [-0.2, 0) is 31.5 Å². The molecule has 0 aliphatic carbocycles. The van der Waals surface area contributed by atoms with E-state index in [-0.39, 0.29) is 0 Å². The molecule has 0 saturated carbocycles. The van der Waals surface area contributed by atoms with E-state index in [1.54, 1.807) is 21.3 Å². The van der Waals surface area contributed by atoms with Crippen LogP contribution in [0.15, 0.2) is 18.2 Å². The topological polar surface area (TPSA) is 27.7 Å². The molecular formula is C13H20Cl2O3Si. The van der Waals surface area contributed by atoms with Crippen LogP contribution in [0.1, 0.15) is 16.7 Å². The van der Waals surface area contributed by atoms with Gasteiger partial charge in [-0.05, 0) is 23.1 Å². The van der Waals surface area contributed by atoms with Crippen molar-refractivity contribution in [3.63, 3.8) is 0 Å². The molecule has 0 aliphatic heterocycles. The van der Waals surface area contributed by atoms with Crippen molar-refractivity contribution in [3.8, 4) is 0 Å². The summed E-state index contributed by atoms with van der Waals surface area (Å²) < 4.78 is 16.2. The molecule has 0 unspecified atom stereocenters. The average molecular weight is 323 g/mol. The predicted molar refractivity (Wildman–Crippen MR) is 80.8 cm³/mol. The van der Waals surface area contributed by atoms with Gasteiger partial charge >= 0.3 is 8.80 Å². The van der Waals surface area contributed by atoms with Crippen LogP contribution >= 0.6 is 23.2 Å². The number of hydrogen-bond donors (Lipinski definition) is 0. The summed E-state index contributed by atoms with van der Waals surface area (Å²) in [5.74, 6) is 0.951. The highest BCUT2D eigenvalue weighted by Crippen LogP contribution is 2.21. The largest absolute Gasteiger partial charge is 0.500 e. The third kappa shape index (κ3) is 4.45. The van der Waals surface area contributed by atoms with Crippen molar-refractivity contribution in [2.45, 2.75) is 24.2 Å². The maximum absolute atomic E-state index is 5.93. The summed E-state index contributed by atoms with van der Waals surface area (Å²) in [6.07, 6.45) is 0.828. The molecule has 0 spiro atoms. The fourth-order valence-corrected chi connectivity index (χ4v) is 4.16. The molecule has 0 saturated heterocycles. The quantitative estimate of drug-likeness (QED) is 0.540. The van der Waals surface area contributed by atoms with E-state index in [2.05, 4.69) is 12.1 Å². The Morgan fingerprint density at radius 2 is 1.53 bits per heavy atom. The van der Waals surface area contributed by atoms with Crippen LogP contribution in [0.3, 0.4) is 0 Å². The Hall–Kier alpha value is -0.103. The minimum Gasteiger partial charge on any atom is -0.377 e. The smallest absolute Gasteiger partial charge is 0.377 e. The second kappa shape index (κ2) is 8.24. The lowest BCUT2D eigenvalue weighted by molar-refractivity contribution is 0.123. The molecular weight excluding hydrogens is 303 g/mol. The van der Waals surface area contributed by atoms with E-state index in [4.69, 9.17) is 36.5 Å². The molecule has 0 aliphatic rings. The summed E-state index contributed by atoms with van der Waals surface area (Å²) in [4.78, 5) is 0. The molecule has 0 radical (unpaired) electrons. The van der Waals surface area contributed by atoms with Crippen molar-refractivity contribution >= 4 is 32.0 Å². The standard InChI is InChI=1S/C13H20Cl2O3Si/c1-16-19(17-2,18-3)7-6-11-4-5-12(9-14)13(8-11)10-15/h4-5,8H,6-7,9-10H2,1-3H3. The monoisotopic (exact) mass is 322 g/mol. The number of aryl methyl sites for hydroxylation is 1. The van der Waals surface area contributed by atoms with E-state index in [1.807, 2.05) is 6.07 Å². The van der Waals surface area contributed by atoms with E-state index in [0.29, 0.717) is 11.8 Å². The van der Waals surface area contributed by atoms with Gasteiger partial charge < -0.3 is 13.3 Å². The average Bonchev–Trinajstić information content (AvgIpc) is 2.49. The van der Waals surface area contributed by atoms with Gasteiger partial charge in [0.1, 0.15) is 0 Å². The van der Waals surface area contributed by atoms with Crippen LogP contribution < -0.4 is 0 Å². The summed E-state index contributed by atoms with van der Waals surface area (Å²) >= 11 is 11.8. The Morgan fingerprint density at radius 3 is 2.00 bits per heavy atom. The molecule has 0 atom stereocenters. The maximum Gasteiger partial charge on any atom is 0.500 e. The molecule has 3 nitrogen and oxygen atoms in total. The van der Waals surface area contributed by atoms with Gasteiger partial charge in [-0.1, -0.05) is 18.2 Å². The van der Waals surface area contributed by atoms with Gasteiger partial charge in [0.2, 0.25) is 0 Å². The highest BCUT2D eigenvalue weighted by atomic mass is 35.5. The second-order valence-electron chi connectivity index (χ2n) is 4.17. The van der Waals surface area contributed by atoms with Crippen molar-refractivity contribution in [3.05, 3.63) is 34.9 Å². The highest BCUT2D eigenvalue weighted by molar-refractivity contribution is 6.60. The maximum atomic E-state index is 5.93. The van der Waals surface area contributed by atoms with Gasteiger partial charge in [-0.25, -0.2) is 0 Å². The van der Waals surface area contributed by atoms with Crippen molar-refractivity contribution < 1.29 is 13.3 Å². The van der Waals surface area contributed by atoms with Crippen LogP contribution in [0.4, 0.5) is 0 Å². The summed E-state index contributed by atoms with van der Waals surface area (Å²) in [5.41, 5.74) is 3.34. The van der Waals surface area contributed by atoms with Crippen molar-refractivity contribution in [1.82, 2.24) is 0 Å². The summed E-state index contributed by atoms with van der Waals surface area (Å²) in [6.45, 7) is 0. The third-order valence-electron chi connectivity index (χ3n) is 3.21. The number of rotatable bonds is 8. The van der Waals surface area contributed by atoms with Gasteiger partial charge in [-0.2, -0.15) is 0 Å². The van der Waals surface area contributed by atoms with E-state index >= 15 is 0 Å². The van der Waals surface area contributed by atoms with Crippen molar-refractivity contribution in [2.24, 2.45) is 0 Å². The number of benzene rings is 1. The molecule has 108 valence electrons. The van der Waals surface area contributed by atoms with Crippen LogP contribution in [0.25, 0.3) is 0 Å². The van der Waals surface area contributed by atoms with Crippen LogP contribution in [0.5, 0.6) is 0 Å². The SMILES string of the molecule is CO[Si](CCc1ccc(CCl)c(CCl)c1)(OC)OC. The van der Waals surface area contributed by atoms with Gasteiger partial charge in [0.25, 0.3) is 0 Å². The molecule has 0 N–H and O–H groups in total. The second-order valence-corrected chi connectivity index (χ2v) is 7.79. The predicted octanol–water partition coefficient (Wildman–Crippen LogP) is 3.58. The van der Waals surface area contributed by atoms with E-state index < -0.39 is 8.80 Å². The van der Waals surface area contributed by atoms with E-state index in [1.165, 1.54) is 5.56 Å². The van der Waals surface area contributed by atoms with Crippen molar-refractivity contribution in [2.75, 3.05) is 21.3 Å².